The minimum atomic E-state index is -0.0517. The summed E-state index contributed by atoms with van der Waals surface area (Å²) in [5.41, 5.74) is 6.98. The number of hydrogen-bond donors (Lipinski definition) is 1. The second-order valence-corrected chi connectivity index (χ2v) is 4.09. The summed E-state index contributed by atoms with van der Waals surface area (Å²) in [5.74, 6) is -0.0517. The van der Waals surface area contributed by atoms with Gasteiger partial charge >= 0.3 is 0 Å². The van der Waals surface area contributed by atoms with E-state index in [1.54, 1.807) is 22.7 Å². The lowest BCUT2D eigenvalue weighted by molar-refractivity contribution is 0.0750. The molecule has 1 atom stereocenters. The molecule has 2 heterocycles. The van der Waals surface area contributed by atoms with Gasteiger partial charge < -0.3 is 10.6 Å². The van der Waals surface area contributed by atoms with Gasteiger partial charge in [0.1, 0.15) is 0 Å². The van der Waals surface area contributed by atoms with Crippen LogP contribution < -0.4 is 5.73 Å². The van der Waals surface area contributed by atoms with Crippen molar-refractivity contribution < 1.29 is 4.79 Å². The van der Waals surface area contributed by atoms with Gasteiger partial charge in [0.05, 0.1) is 17.3 Å². The summed E-state index contributed by atoms with van der Waals surface area (Å²) in [6, 6.07) is 5.66. The zero-order chi connectivity index (χ0) is 12.4. The van der Waals surface area contributed by atoms with Crippen molar-refractivity contribution in [2.45, 2.75) is 13.0 Å². The molecule has 5 heteroatoms. The molecule has 0 aliphatic carbocycles. The zero-order valence-electron chi connectivity index (χ0n) is 10.00. The quantitative estimate of drug-likeness (QED) is 0.849. The highest BCUT2D eigenvalue weighted by Crippen LogP contribution is 2.13. The Morgan fingerprint density at radius 2 is 2.35 bits per heavy atom. The van der Waals surface area contributed by atoms with E-state index >= 15 is 0 Å². The Morgan fingerprint density at radius 1 is 1.59 bits per heavy atom. The maximum Gasteiger partial charge on any atom is 0.257 e. The molecule has 0 spiro atoms. The van der Waals surface area contributed by atoms with Crippen LogP contribution in [0.3, 0.4) is 0 Å². The third kappa shape index (κ3) is 2.01. The summed E-state index contributed by atoms with van der Waals surface area (Å²) in [6.07, 6.45) is 3.41. The fraction of sp³-hybridized carbons (Fsp3) is 0.333. The van der Waals surface area contributed by atoms with E-state index in [0.717, 1.165) is 5.52 Å². The van der Waals surface area contributed by atoms with Crippen LogP contribution in [0.15, 0.2) is 30.6 Å². The van der Waals surface area contributed by atoms with Crippen LogP contribution in [0.2, 0.25) is 0 Å². The summed E-state index contributed by atoms with van der Waals surface area (Å²) < 4.78 is 1.69. The monoisotopic (exact) mass is 232 g/mol. The van der Waals surface area contributed by atoms with E-state index in [4.69, 9.17) is 5.73 Å². The van der Waals surface area contributed by atoms with Crippen LogP contribution in [0.5, 0.6) is 0 Å². The van der Waals surface area contributed by atoms with E-state index < -0.39 is 0 Å². The second kappa shape index (κ2) is 4.55. The van der Waals surface area contributed by atoms with Crippen molar-refractivity contribution in [2.75, 3.05) is 13.6 Å². The molecule has 0 saturated heterocycles. The number of carbonyl (C=O) groups is 1. The number of fused-ring (bicyclic) bond motifs is 1. The molecule has 90 valence electrons. The molecule has 0 aromatic carbocycles. The number of likely N-dealkylation sites (N-methyl/N-ethyl adjacent to an activating group) is 1. The van der Waals surface area contributed by atoms with Crippen molar-refractivity contribution in [1.29, 1.82) is 0 Å². The first-order chi connectivity index (χ1) is 8.15. The summed E-state index contributed by atoms with van der Waals surface area (Å²) in [7, 11) is 1.76. The van der Waals surface area contributed by atoms with Gasteiger partial charge in [-0.15, -0.1) is 0 Å². The van der Waals surface area contributed by atoms with Gasteiger partial charge in [0, 0.05) is 25.8 Å². The SMILES string of the molecule is CC(CN)N(C)C(=O)c1cnn2ccccc12. The average molecular weight is 232 g/mol. The van der Waals surface area contributed by atoms with Crippen LogP contribution in [0, 0.1) is 0 Å². The molecule has 5 nitrogen and oxygen atoms in total. The number of aromatic nitrogens is 2. The van der Waals surface area contributed by atoms with Crippen LogP contribution in [-0.2, 0) is 0 Å². The highest BCUT2D eigenvalue weighted by Gasteiger charge is 2.19. The topological polar surface area (TPSA) is 63.6 Å². The molecular formula is C12H16N4O. The van der Waals surface area contributed by atoms with Crippen LogP contribution >= 0.6 is 0 Å². The van der Waals surface area contributed by atoms with Crippen LogP contribution in [0.1, 0.15) is 17.3 Å². The molecule has 0 aliphatic heterocycles. The summed E-state index contributed by atoms with van der Waals surface area (Å²) >= 11 is 0. The highest BCUT2D eigenvalue weighted by molar-refractivity contribution is 6.00. The fourth-order valence-corrected chi connectivity index (χ4v) is 1.65. The van der Waals surface area contributed by atoms with E-state index in [-0.39, 0.29) is 11.9 Å². The van der Waals surface area contributed by atoms with Crippen molar-refractivity contribution in [3.8, 4) is 0 Å². The standard InChI is InChI=1S/C12H16N4O/c1-9(7-13)15(2)12(17)10-8-14-16-6-4-3-5-11(10)16/h3-6,8-9H,7,13H2,1-2H3. The molecule has 2 rings (SSSR count). The summed E-state index contributed by atoms with van der Waals surface area (Å²) in [6.45, 7) is 2.37. The lowest BCUT2D eigenvalue weighted by atomic mass is 10.2. The Morgan fingerprint density at radius 3 is 3.06 bits per heavy atom. The van der Waals surface area contributed by atoms with Gasteiger partial charge in [-0.25, -0.2) is 4.52 Å². The molecular weight excluding hydrogens is 216 g/mol. The molecule has 2 aromatic heterocycles. The smallest absolute Gasteiger partial charge is 0.257 e. The van der Waals surface area contributed by atoms with Crippen molar-refractivity contribution in [2.24, 2.45) is 5.73 Å². The Hall–Kier alpha value is -1.88. The third-order valence-electron chi connectivity index (χ3n) is 2.98. The molecule has 0 fully saturated rings. The van der Waals surface area contributed by atoms with Crippen LogP contribution in [0.25, 0.3) is 5.52 Å². The number of carbonyl (C=O) groups excluding carboxylic acids is 1. The van der Waals surface area contributed by atoms with Crippen molar-refractivity contribution in [3.63, 3.8) is 0 Å². The molecule has 17 heavy (non-hydrogen) atoms. The van der Waals surface area contributed by atoms with E-state index in [9.17, 15) is 4.79 Å². The summed E-state index contributed by atoms with van der Waals surface area (Å²) in [4.78, 5) is 13.9. The highest BCUT2D eigenvalue weighted by atomic mass is 16.2. The van der Waals surface area contributed by atoms with E-state index in [1.807, 2.05) is 31.3 Å². The lowest BCUT2D eigenvalue weighted by Gasteiger charge is -2.23. The first-order valence-corrected chi connectivity index (χ1v) is 5.54. The van der Waals surface area contributed by atoms with Gasteiger partial charge in [-0.1, -0.05) is 6.07 Å². The van der Waals surface area contributed by atoms with Gasteiger partial charge in [-0.05, 0) is 19.1 Å². The minimum absolute atomic E-state index is 0.0150. The number of pyridine rings is 1. The molecule has 0 saturated carbocycles. The first kappa shape index (κ1) is 11.6. The maximum atomic E-state index is 12.2. The number of nitrogens with two attached hydrogens (primary N) is 1. The molecule has 0 aliphatic rings. The van der Waals surface area contributed by atoms with Gasteiger partial charge in [0.15, 0.2) is 0 Å². The normalized spacial score (nSPS) is 12.6. The van der Waals surface area contributed by atoms with Crippen molar-refractivity contribution in [1.82, 2.24) is 14.5 Å². The first-order valence-electron chi connectivity index (χ1n) is 5.54. The van der Waals surface area contributed by atoms with Crippen molar-refractivity contribution >= 4 is 11.4 Å². The van der Waals surface area contributed by atoms with Gasteiger partial charge in [-0.3, -0.25) is 4.79 Å². The Kier molecular flexibility index (Phi) is 3.10. The largest absolute Gasteiger partial charge is 0.338 e. The van der Waals surface area contributed by atoms with Gasteiger partial charge in [-0.2, -0.15) is 5.10 Å². The predicted octanol–water partition coefficient (Wildman–Crippen LogP) is 0.754. The molecule has 0 radical (unpaired) electrons. The number of nitrogens with zero attached hydrogens (tertiary/aromatic N) is 3. The van der Waals surface area contributed by atoms with Crippen LogP contribution in [0.4, 0.5) is 0 Å². The predicted molar refractivity (Wildman–Crippen MR) is 65.8 cm³/mol. The van der Waals surface area contributed by atoms with Gasteiger partial charge in [0.25, 0.3) is 5.91 Å². The van der Waals surface area contributed by atoms with Crippen LogP contribution in [-0.4, -0.2) is 40.1 Å². The lowest BCUT2D eigenvalue weighted by Crippen LogP contribution is -2.39. The number of rotatable bonds is 3. The van der Waals surface area contributed by atoms with Crippen molar-refractivity contribution in [3.05, 3.63) is 36.2 Å². The Labute approximate surface area is 99.8 Å². The number of hydrogen-bond acceptors (Lipinski definition) is 3. The maximum absolute atomic E-state index is 12.2. The van der Waals surface area contributed by atoms with Gasteiger partial charge in [0.2, 0.25) is 0 Å². The molecule has 1 unspecified atom stereocenters. The molecule has 2 N–H and O–H groups in total. The molecule has 0 bridgehead atoms. The second-order valence-electron chi connectivity index (χ2n) is 4.09. The number of amides is 1. The van der Waals surface area contributed by atoms with E-state index in [0.29, 0.717) is 12.1 Å². The zero-order valence-corrected chi connectivity index (χ0v) is 10.00. The van der Waals surface area contributed by atoms with E-state index in [1.165, 1.54) is 0 Å². The Balaban J connectivity index is 2.37. The summed E-state index contributed by atoms with van der Waals surface area (Å²) in [5, 5.41) is 4.15. The average Bonchev–Trinajstić information content (AvgIpc) is 2.79. The fourth-order valence-electron chi connectivity index (χ4n) is 1.65. The molecule has 2 aromatic rings. The minimum Gasteiger partial charge on any atom is -0.338 e. The Bertz CT molecular complexity index is 534. The molecule has 1 amide bonds. The van der Waals surface area contributed by atoms with E-state index in [2.05, 4.69) is 5.10 Å². The third-order valence-corrected chi connectivity index (χ3v) is 2.98.